The number of hydrogen-bond donors (Lipinski definition) is 2. The number of halogens is 3. The number of rotatable bonds is 4. The number of aryl methyl sites for hydroxylation is 1. The number of carbonyl (C=O) groups excluding carboxylic acids is 1. The smallest absolute Gasteiger partial charge is 0.319 e. The maximum Gasteiger partial charge on any atom is 0.319 e. The topological polar surface area (TPSA) is 58.4 Å². The van der Waals surface area contributed by atoms with Crippen LogP contribution >= 0.6 is 11.3 Å². The van der Waals surface area contributed by atoms with Gasteiger partial charge in [0.05, 0.1) is 17.9 Å². The summed E-state index contributed by atoms with van der Waals surface area (Å²) in [6.07, 6.45) is 1.85. The van der Waals surface area contributed by atoms with Gasteiger partial charge in [-0.2, -0.15) is 0 Å². The van der Waals surface area contributed by atoms with Crippen LogP contribution in [-0.4, -0.2) is 15.4 Å². The van der Waals surface area contributed by atoms with E-state index in [1.54, 1.807) is 12.1 Å². The van der Waals surface area contributed by atoms with Gasteiger partial charge in [0.2, 0.25) is 0 Å². The molecule has 0 atom stereocenters. The quantitative estimate of drug-likeness (QED) is 0.486. The molecule has 0 saturated carbocycles. The van der Waals surface area contributed by atoms with Crippen molar-refractivity contribution < 1.29 is 18.0 Å². The lowest BCUT2D eigenvalue weighted by molar-refractivity contribution is 0.251. The van der Waals surface area contributed by atoms with Crippen LogP contribution in [0.2, 0.25) is 0 Å². The van der Waals surface area contributed by atoms with Crippen LogP contribution in [0.4, 0.5) is 23.7 Å². The molecule has 0 aliphatic rings. The summed E-state index contributed by atoms with van der Waals surface area (Å²) in [5.74, 6) is -1.68. The number of amides is 2. The van der Waals surface area contributed by atoms with E-state index >= 15 is 0 Å². The van der Waals surface area contributed by atoms with E-state index in [-0.39, 0.29) is 18.0 Å². The summed E-state index contributed by atoms with van der Waals surface area (Å²) in [5.41, 5.74) is 2.18. The number of aromatic nitrogens is 2. The molecule has 9 heteroatoms. The van der Waals surface area contributed by atoms with Crippen molar-refractivity contribution in [1.82, 2.24) is 14.7 Å². The Bertz CT molecular complexity index is 1200. The molecule has 0 saturated heterocycles. The van der Waals surface area contributed by atoms with Gasteiger partial charge in [0.1, 0.15) is 17.5 Å². The molecular formula is C20H15F3N4OS. The predicted octanol–water partition coefficient (Wildman–Crippen LogP) is 5.11. The summed E-state index contributed by atoms with van der Waals surface area (Å²) in [5, 5.41) is 4.92. The van der Waals surface area contributed by atoms with Gasteiger partial charge in [-0.25, -0.2) is 22.9 Å². The highest BCUT2D eigenvalue weighted by atomic mass is 32.1. The molecule has 0 aliphatic heterocycles. The summed E-state index contributed by atoms with van der Waals surface area (Å²) in [6, 6.07) is 8.27. The number of urea groups is 1. The highest BCUT2D eigenvalue weighted by Gasteiger charge is 2.14. The summed E-state index contributed by atoms with van der Waals surface area (Å²) in [7, 11) is 0. The van der Waals surface area contributed by atoms with Crippen molar-refractivity contribution in [2.24, 2.45) is 0 Å². The molecule has 0 bridgehead atoms. The number of thiazole rings is 1. The zero-order valence-corrected chi connectivity index (χ0v) is 16.0. The molecular weight excluding hydrogens is 401 g/mol. The summed E-state index contributed by atoms with van der Waals surface area (Å²) < 4.78 is 41.8. The first-order chi connectivity index (χ1) is 13.9. The van der Waals surface area contributed by atoms with Gasteiger partial charge >= 0.3 is 6.03 Å². The number of fused-ring (bicyclic) bond motifs is 1. The van der Waals surface area contributed by atoms with Crippen LogP contribution in [0.15, 0.2) is 48.7 Å². The third kappa shape index (κ3) is 3.95. The van der Waals surface area contributed by atoms with Crippen molar-refractivity contribution >= 4 is 28.0 Å². The highest BCUT2D eigenvalue weighted by molar-refractivity contribution is 7.17. The van der Waals surface area contributed by atoms with E-state index in [4.69, 9.17) is 0 Å². The fourth-order valence-corrected chi connectivity index (χ4v) is 3.88. The second kappa shape index (κ2) is 7.59. The maximum absolute atomic E-state index is 13.6. The minimum Gasteiger partial charge on any atom is -0.333 e. The number of imidazole rings is 1. The summed E-state index contributed by atoms with van der Waals surface area (Å²) >= 11 is 1.40. The van der Waals surface area contributed by atoms with E-state index in [0.29, 0.717) is 0 Å². The first kappa shape index (κ1) is 19.0. The Labute approximate surface area is 167 Å². The molecule has 2 heterocycles. The molecule has 0 aliphatic carbocycles. The van der Waals surface area contributed by atoms with Crippen molar-refractivity contribution in [1.29, 1.82) is 0 Å². The number of carbonyl (C=O) groups is 1. The van der Waals surface area contributed by atoms with E-state index in [1.165, 1.54) is 23.5 Å². The van der Waals surface area contributed by atoms with E-state index in [2.05, 4.69) is 15.6 Å². The van der Waals surface area contributed by atoms with Gasteiger partial charge in [-0.1, -0.05) is 11.3 Å². The summed E-state index contributed by atoms with van der Waals surface area (Å²) in [4.78, 5) is 18.2. The lowest BCUT2D eigenvalue weighted by atomic mass is 10.2. The van der Waals surface area contributed by atoms with Crippen molar-refractivity contribution in [3.05, 3.63) is 76.7 Å². The van der Waals surface area contributed by atoms with Crippen LogP contribution in [0.5, 0.6) is 0 Å². The van der Waals surface area contributed by atoms with Crippen molar-refractivity contribution in [2.75, 3.05) is 5.32 Å². The molecule has 148 valence electrons. The third-order valence-corrected chi connectivity index (χ3v) is 5.54. The van der Waals surface area contributed by atoms with Crippen LogP contribution in [0.3, 0.4) is 0 Å². The minimum atomic E-state index is -0.722. The standard InChI is InChI=1S/C20H15F3N4OS/c1-11-18(9-24-19(28)25-16-8-14(22)6-7-15(16)23)29-20-26-17(10-27(11)20)12-2-4-13(21)5-3-12/h2-8,10H,9H2,1H3,(H2,24,25,28). The molecule has 2 aromatic heterocycles. The molecule has 0 fully saturated rings. The van der Waals surface area contributed by atoms with E-state index < -0.39 is 17.7 Å². The monoisotopic (exact) mass is 416 g/mol. The number of nitrogens with zero attached hydrogens (tertiary/aromatic N) is 2. The Morgan fingerprint density at radius 2 is 1.83 bits per heavy atom. The molecule has 4 aromatic rings. The normalized spacial score (nSPS) is 11.0. The van der Waals surface area contributed by atoms with Gasteiger partial charge < -0.3 is 10.6 Å². The predicted molar refractivity (Wildman–Crippen MR) is 105 cm³/mol. The average Bonchev–Trinajstić information content (AvgIpc) is 3.23. The molecule has 2 N–H and O–H groups in total. The number of benzene rings is 2. The molecule has 5 nitrogen and oxygen atoms in total. The van der Waals surface area contributed by atoms with Gasteiger partial charge in [0.15, 0.2) is 4.96 Å². The number of nitrogens with one attached hydrogen (secondary N) is 2. The van der Waals surface area contributed by atoms with Gasteiger partial charge in [-0.05, 0) is 43.3 Å². The molecule has 2 amide bonds. The number of hydrogen-bond acceptors (Lipinski definition) is 3. The largest absolute Gasteiger partial charge is 0.333 e. The van der Waals surface area contributed by atoms with Crippen LogP contribution < -0.4 is 10.6 Å². The Hall–Kier alpha value is -3.33. The van der Waals surface area contributed by atoms with Gasteiger partial charge in [0.25, 0.3) is 0 Å². The Morgan fingerprint density at radius 1 is 1.10 bits per heavy atom. The lowest BCUT2D eigenvalue weighted by Gasteiger charge is -2.08. The highest BCUT2D eigenvalue weighted by Crippen LogP contribution is 2.27. The SMILES string of the molecule is Cc1c(CNC(=O)Nc2cc(F)ccc2F)sc2nc(-c3ccc(F)cc3)cn12. The van der Waals surface area contributed by atoms with Crippen molar-refractivity contribution in [2.45, 2.75) is 13.5 Å². The van der Waals surface area contributed by atoms with Gasteiger partial charge in [-0.15, -0.1) is 0 Å². The van der Waals surface area contributed by atoms with E-state index in [0.717, 1.165) is 45.0 Å². The second-order valence-corrected chi connectivity index (χ2v) is 7.39. The zero-order valence-electron chi connectivity index (χ0n) is 15.2. The first-order valence-electron chi connectivity index (χ1n) is 8.64. The van der Waals surface area contributed by atoms with Crippen molar-refractivity contribution in [3.8, 4) is 11.3 Å². The molecule has 2 aromatic carbocycles. The second-order valence-electron chi connectivity index (χ2n) is 6.33. The Kier molecular flexibility index (Phi) is 4.98. The fraction of sp³-hybridized carbons (Fsp3) is 0.100. The molecule has 0 spiro atoms. The lowest BCUT2D eigenvalue weighted by Crippen LogP contribution is -2.28. The van der Waals surface area contributed by atoms with Crippen LogP contribution in [0.1, 0.15) is 10.6 Å². The number of anilines is 1. The average molecular weight is 416 g/mol. The molecule has 0 unspecified atom stereocenters. The van der Waals surface area contributed by atoms with Crippen LogP contribution in [0.25, 0.3) is 16.2 Å². The Balaban J connectivity index is 1.46. The van der Waals surface area contributed by atoms with Gasteiger partial charge in [0, 0.05) is 28.4 Å². The van der Waals surface area contributed by atoms with E-state index in [1.807, 2.05) is 17.5 Å². The molecule has 4 rings (SSSR count). The molecule has 0 radical (unpaired) electrons. The Morgan fingerprint density at radius 3 is 2.55 bits per heavy atom. The summed E-state index contributed by atoms with van der Waals surface area (Å²) in [6.45, 7) is 2.09. The first-order valence-corrected chi connectivity index (χ1v) is 9.45. The molecule has 29 heavy (non-hydrogen) atoms. The maximum atomic E-state index is 13.6. The fourth-order valence-electron chi connectivity index (χ4n) is 2.84. The van der Waals surface area contributed by atoms with E-state index in [9.17, 15) is 18.0 Å². The third-order valence-electron chi connectivity index (χ3n) is 4.38. The van der Waals surface area contributed by atoms with Crippen LogP contribution in [0, 0.1) is 24.4 Å². The zero-order chi connectivity index (χ0) is 20.5. The van der Waals surface area contributed by atoms with Gasteiger partial charge in [-0.3, -0.25) is 4.40 Å². The van der Waals surface area contributed by atoms with Crippen LogP contribution in [-0.2, 0) is 6.54 Å². The minimum absolute atomic E-state index is 0.203. The van der Waals surface area contributed by atoms with Crippen molar-refractivity contribution in [3.63, 3.8) is 0 Å².